The van der Waals surface area contributed by atoms with Crippen LogP contribution in [0.3, 0.4) is 0 Å². The van der Waals surface area contributed by atoms with Crippen LogP contribution in [0.25, 0.3) is 0 Å². The van der Waals surface area contributed by atoms with Crippen molar-refractivity contribution in [1.82, 2.24) is 4.90 Å². The summed E-state index contributed by atoms with van der Waals surface area (Å²) in [4.78, 5) is 37.4. The van der Waals surface area contributed by atoms with Crippen molar-refractivity contribution in [3.8, 4) is 0 Å². The van der Waals surface area contributed by atoms with Crippen LogP contribution in [0, 0.1) is 11.8 Å². The molecule has 0 aromatic rings. The number of carbonyl (C=O) groups is 3. The van der Waals surface area contributed by atoms with Crippen molar-refractivity contribution in [1.29, 1.82) is 0 Å². The molecule has 0 aliphatic carbocycles. The molecule has 1 aliphatic heterocycles. The zero-order chi connectivity index (χ0) is 16.2. The molecule has 7 nitrogen and oxygen atoms in total. The number of rotatable bonds is 3. The molecule has 0 N–H and O–H groups in total. The predicted molar refractivity (Wildman–Crippen MR) is 73.7 cm³/mol. The topological polar surface area (TPSA) is 82.1 Å². The first-order valence-corrected chi connectivity index (χ1v) is 6.78. The van der Waals surface area contributed by atoms with Gasteiger partial charge in [0, 0.05) is 20.2 Å². The number of esters is 1. The highest BCUT2D eigenvalue weighted by atomic mass is 16.6. The molecule has 2 atom stereocenters. The maximum atomic E-state index is 12.2. The highest BCUT2D eigenvalue weighted by Gasteiger charge is 2.42. The van der Waals surface area contributed by atoms with Crippen molar-refractivity contribution < 1.29 is 28.6 Å². The number of hydrogen-bond donors (Lipinski definition) is 0. The Balaban J connectivity index is 2.88. The highest BCUT2D eigenvalue weighted by Crippen LogP contribution is 2.22. The number of hydrogen-bond acceptors (Lipinski definition) is 6. The fourth-order valence-corrected chi connectivity index (χ4v) is 2.17. The highest BCUT2D eigenvalue weighted by molar-refractivity contribution is 6.01. The van der Waals surface area contributed by atoms with Gasteiger partial charge in [0.05, 0.1) is 19.6 Å². The standard InChI is InChI=1S/C14H23NO6/c1-14(2,3)21-13(18)15-6-9(8-19-4)11(16)10(7-15)12(17)20-5/h9-10H,6-8H2,1-5H3. The summed E-state index contributed by atoms with van der Waals surface area (Å²) in [7, 11) is 2.68. The summed E-state index contributed by atoms with van der Waals surface area (Å²) in [6.07, 6.45) is -0.551. The third kappa shape index (κ3) is 4.70. The molecule has 0 aromatic carbocycles. The largest absolute Gasteiger partial charge is 0.468 e. The lowest BCUT2D eigenvalue weighted by Crippen LogP contribution is -2.53. The van der Waals surface area contributed by atoms with Gasteiger partial charge in [-0.2, -0.15) is 0 Å². The smallest absolute Gasteiger partial charge is 0.410 e. The number of carbonyl (C=O) groups excluding carboxylic acids is 3. The van der Waals surface area contributed by atoms with Crippen LogP contribution < -0.4 is 0 Å². The van der Waals surface area contributed by atoms with Gasteiger partial charge >= 0.3 is 12.1 Å². The predicted octanol–water partition coefficient (Wildman–Crippen LogP) is 0.858. The third-order valence-electron chi connectivity index (χ3n) is 3.09. The van der Waals surface area contributed by atoms with Gasteiger partial charge in [-0.25, -0.2) is 4.79 Å². The molecule has 7 heteroatoms. The van der Waals surface area contributed by atoms with Crippen molar-refractivity contribution in [3.63, 3.8) is 0 Å². The van der Waals surface area contributed by atoms with Gasteiger partial charge in [0.15, 0.2) is 5.78 Å². The van der Waals surface area contributed by atoms with Crippen LogP contribution in [-0.2, 0) is 23.8 Å². The van der Waals surface area contributed by atoms with E-state index in [0.29, 0.717) is 0 Å². The summed E-state index contributed by atoms with van der Waals surface area (Å²) in [5.74, 6) is -2.45. The number of ketones is 1. The number of likely N-dealkylation sites (tertiary alicyclic amines) is 1. The van der Waals surface area contributed by atoms with Crippen LogP contribution in [0.2, 0.25) is 0 Å². The van der Waals surface area contributed by atoms with Gasteiger partial charge in [-0.3, -0.25) is 9.59 Å². The molecule has 1 heterocycles. The molecule has 2 unspecified atom stereocenters. The maximum Gasteiger partial charge on any atom is 0.410 e. The number of amides is 1. The average molecular weight is 301 g/mol. The normalized spacial score (nSPS) is 22.9. The van der Waals surface area contributed by atoms with Gasteiger partial charge in [0.2, 0.25) is 0 Å². The first-order valence-electron chi connectivity index (χ1n) is 6.78. The summed E-state index contributed by atoms with van der Waals surface area (Å²) < 4.78 is 14.9. The zero-order valence-corrected chi connectivity index (χ0v) is 13.2. The van der Waals surface area contributed by atoms with E-state index in [4.69, 9.17) is 9.47 Å². The molecule has 120 valence electrons. The Morgan fingerprint density at radius 3 is 2.33 bits per heavy atom. The molecular formula is C14H23NO6. The van der Waals surface area contributed by atoms with E-state index < -0.39 is 29.5 Å². The summed E-state index contributed by atoms with van der Waals surface area (Å²) in [6, 6.07) is 0. The molecule has 1 aliphatic rings. The van der Waals surface area contributed by atoms with Gasteiger partial charge in [0.25, 0.3) is 0 Å². The van der Waals surface area contributed by atoms with E-state index in [2.05, 4.69) is 4.74 Å². The van der Waals surface area contributed by atoms with Crippen LogP contribution in [-0.4, -0.2) is 62.3 Å². The second kappa shape index (κ2) is 6.89. The van der Waals surface area contributed by atoms with E-state index in [-0.39, 0.29) is 25.5 Å². The fourth-order valence-electron chi connectivity index (χ4n) is 2.17. The molecule has 0 spiro atoms. The Hall–Kier alpha value is -1.63. The zero-order valence-electron chi connectivity index (χ0n) is 13.2. The Kier molecular flexibility index (Phi) is 5.71. The maximum absolute atomic E-state index is 12.2. The Morgan fingerprint density at radius 1 is 1.24 bits per heavy atom. The quantitative estimate of drug-likeness (QED) is 0.568. The van der Waals surface area contributed by atoms with Crippen molar-refractivity contribution in [2.75, 3.05) is 33.9 Å². The Morgan fingerprint density at radius 2 is 1.86 bits per heavy atom. The molecule has 0 aromatic heterocycles. The second-order valence-electron chi connectivity index (χ2n) is 6.02. The first kappa shape index (κ1) is 17.4. The van der Waals surface area contributed by atoms with Crippen LogP contribution in [0.4, 0.5) is 4.79 Å². The molecule has 1 fully saturated rings. The molecule has 1 rings (SSSR count). The van der Waals surface area contributed by atoms with E-state index in [1.165, 1.54) is 19.1 Å². The number of Topliss-reactive ketones (excluding diaryl/α,β-unsaturated/α-hetero) is 1. The molecule has 1 amide bonds. The lowest BCUT2D eigenvalue weighted by atomic mass is 9.88. The van der Waals surface area contributed by atoms with Crippen LogP contribution in [0.5, 0.6) is 0 Å². The van der Waals surface area contributed by atoms with Crippen LogP contribution in [0.15, 0.2) is 0 Å². The van der Waals surface area contributed by atoms with Crippen LogP contribution in [0.1, 0.15) is 20.8 Å². The number of piperidine rings is 1. The molecule has 21 heavy (non-hydrogen) atoms. The molecular weight excluding hydrogens is 278 g/mol. The molecule has 1 saturated heterocycles. The van der Waals surface area contributed by atoms with Gasteiger partial charge < -0.3 is 19.1 Å². The second-order valence-corrected chi connectivity index (χ2v) is 6.02. The Bertz CT molecular complexity index is 414. The van der Waals surface area contributed by atoms with E-state index in [1.807, 2.05) is 0 Å². The number of methoxy groups -OCH3 is 2. The van der Waals surface area contributed by atoms with Crippen molar-refractivity contribution in [2.45, 2.75) is 26.4 Å². The van der Waals surface area contributed by atoms with Crippen molar-refractivity contribution >= 4 is 17.8 Å². The van der Waals surface area contributed by atoms with E-state index in [9.17, 15) is 14.4 Å². The summed E-state index contributed by atoms with van der Waals surface area (Å²) in [5, 5.41) is 0. The van der Waals surface area contributed by atoms with E-state index in [1.54, 1.807) is 20.8 Å². The monoisotopic (exact) mass is 301 g/mol. The Labute approximate surface area is 124 Å². The van der Waals surface area contributed by atoms with Crippen LogP contribution >= 0.6 is 0 Å². The van der Waals surface area contributed by atoms with E-state index >= 15 is 0 Å². The molecule has 0 saturated carbocycles. The number of nitrogens with zero attached hydrogens (tertiary/aromatic N) is 1. The minimum Gasteiger partial charge on any atom is -0.468 e. The van der Waals surface area contributed by atoms with Crippen molar-refractivity contribution in [2.24, 2.45) is 11.8 Å². The number of ether oxygens (including phenoxy) is 3. The summed E-state index contributed by atoms with van der Waals surface area (Å²) >= 11 is 0. The molecule has 0 bridgehead atoms. The third-order valence-corrected chi connectivity index (χ3v) is 3.09. The van der Waals surface area contributed by atoms with Gasteiger partial charge in [0.1, 0.15) is 11.5 Å². The molecule has 0 radical (unpaired) electrons. The first-order chi connectivity index (χ1) is 9.69. The van der Waals surface area contributed by atoms with E-state index in [0.717, 1.165) is 0 Å². The fraction of sp³-hybridized carbons (Fsp3) is 0.786. The average Bonchev–Trinajstić information content (AvgIpc) is 2.38. The van der Waals surface area contributed by atoms with Gasteiger partial charge in [-0.15, -0.1) is 0 Å². The lowest BCUT2D eigenvalue weighted by molar-refractivity contribution is -0.154. The van der Waals surface area contributed by atoms with Gasteiger partial charge in [-0.05, 0) is 20.8 Å². The van der Waals surface area contributed by atoms with Gasteiger partial charge in [-0.1, -0.05) is 0 Å². The minimum atomic E-state index is -0.989. The minimum absolute atomic E-state index is 0.0271. The summed E-state index contributed by atoms with van der Waals surface area (Å²) in [6.45, 7) is 5.56. The van der Waals surface area contributed by atoms with Crippen molar-refractivity contribution in [3.05, 3.63) is 0 Å². The summed E-state index contributed by atoms with van der Waals surface area (Å²) in [5.41, 5.74) is -0.643. The lowest BCUT2D eigenvalue weighted by Gasteiger charge is -2.36. The SMILES string of the molecule is COCC1CN(C(=O)OC(C)(C)C)CC(C(=O)OC)C1=O.